The van der Waals surface area contributed by atoms with E-state index in [1.807, 2.05) is 33.8 Å². The minimum absolute atomic E-state index is 0.341. The predicted molar refractivity (Wildman–Crippen MR) is 75.4 cm³/mol. The van der Waals surface area contributed by atoms with Crippen molar-refractivity contribution in [2.45, 2.75) is 38.9 Å². The second-order valence-electron chi connectivity index (χ2n) is 5.09. The van der Waals surface area contributed by atoms with Gasteiger partial charge in [0.1, 0.15) is 4.60 Å². The third kappa shape index (κ3) is 2.32. The quantitative estimate of drug-likeness (QED) is 0.568. The summed E-state index contributed by atoms with van der Waals surface area (Å²) in [5.41, 5.74) is 0.213. The van der Waals surface area contributed by atoms with Crippen molar-refractivity contribution < 1.29 is 9.31 Å². The number of aromatic nitrogens is 1. The molecule has 92 valence electrons. The van der Waals surface area contributed by atoms with Gasteiger partial charge in [-0.05, 0) is 49.7 Å². The molecule has 0 aromatic carbocycles. The lowest BCUT2D eigenvalue weighted by Crippen LogP contribution is -2.41. The van der Waals surface area contributed by atoms with E-state index in [2.05, 4.69) is 36.8 Å². The highest BCUT2D eigenvalue weighted by Crippen LogP contribution is 2.37. The molecule has 0 atom stereocenters. The molecular weight excluding hydrogens is 349 g/mol. The summed E-state index contributed by atoms with van der Waals surface area (Å²) < 4.78 is 13.6. The second-order valence-corrected chi connectivity index (χ2v) is 6.69. The minimum Gasteiger partial charge on any atom is -0.399 e. The summed E-state index contributed by atoms with van der Waals surface area (Å²) in [6.07, 6.45) is 1.73. The molecule has 2 rings (SSSR count). The van der Waals surface area contributed by atoms with Gasteiger partial charge in [0.25, 0.3) is 0 Å². The van der Waals surface area contributed by atoms with Gasteiger partial charge < -0.3 is 9.31 Å². The SMILES string of the molecule is CC1(C)OB(c2c(Br)ccnc2Br)OC1(C)C. The number of hydrogen-bond acceptors (Lipinski definition) is 3. The summed E-state index contributed by atoms with van der Waals surface area (Å²) in [5, 5.41) is 0. The summed E-state index contributed by atoms with van der Waals surface area (Å²) in [6.45, 7) is 8.13. The topological polar surface area (TPSA) is 31.4 Å². The Morgan fingerprint density at radius 3 is 2.12 bits per heavy atom. The Morgan fingerprint density at radius 2 is 1.65 bits per heavy atom. The number of nitrogens with zero attached hydrogens (tertiary/aromatic N) is 1. The lowest BCUT2D eigenvalue weighted by molar-refractivity contribution is 0.00578. The number of hydrogen-bond donors (Lipinski definition) is 0. The van der Waals surface area contributed by atoms with Crippen molar-refractivity contribution in [3.05, 3.63) is 21.3 Å². The van der Waals surface area contributed by atoms with E-state index < -0.39 is 7.12 Å². The first-order valence-corrected chi connectivity index (χ1v) is 6.99. The summed E-state index contributed by atoms with van der Waals surface area (Å²) in [6, 6.07) is 1.88. The molecule has 0 saturated carbocycles. The molecule has 3 nitrogen and oxygen atoms in total. The van der Waals surface area contributed by atoms with Crippen LogP contribution in [-0.4, -0.2) is 23.3 Å². The molecule has 0 aliphatic carbocycles. The van der Waals surface area contributed by atoms with Crippen LogP contribution in [0.15, 0.2) is 21.3 Å². The molecule has 1 aliphatic heterocycles. The molecule has 1 aromatic heterocycles. The van der Waals surface area contributed by atoms with Crippen molar-refractivity contribution in [3.8, 4) is 0 Å². The fourth-order valence-corrected chi connectivity index (χ4v) is 2.87. The summed E-state index contributed by atoms with van der Waals surface area (Å²) in [7, 11) is -0.405. The lowest BCUT2D eigenvalue weighted by Gasteiger charge is -2.32. The normalized spacial score (nSPS) is 21.9. The van der Waals surface area contributed by atoms with Crippen molar-refractivity contribution in [1.29, 1.82) is 0 Å². The van der Waals surface area contributed by atoms with Crippen molar-refractivity contribution in [1.82, 2.24) is 4.98 Å². The van der Waals surface area contributed by atoms with E-state index in [0.29, 0.717) is 0 Å². The van der Waals surface area contributed by atoms with Crippen LogP contribution in [0.1, 0.15) is 27.7 Å². The van der Waals surface area contributed by atoms with Crippen LogP contribution in [0.4, 0.5) is 0 Å². The number of pyridine rings is 1. The molecule has 0 radical (unpaired) electrons. The van der Waals surface area contributed by atoms with Crippen molar-refractivity contribution in [2.24, 2.45) is 0 Å². The van der Waals surface area contributed by atoms with Crippen LogP contribution in [0.3, 0.4) is 0 Å². The van der Waals surface area contributed by atoms with Gasteiger partial charge in [-0.3, -0.25) is 0 Å². The van der Waals surface area contributed by atoms with Crippen LogP contribution in [0.5, 0.6) is 0 Å². The van der Waals surface area contributed by atoms with Gasteiger partial charge in [-0.25, -0.2) is 4.98 Å². The fourth-order valence-electron chi connectivity index (χ4n) is 1.60. The molecule has 0 amide bonds. The highest BCUT2D eigenvalue weighted by atomic mass is 79.9. The Balaban J connectivity index is 2.39. The standard InChI is InChI=1S/C11H14BBr2NO2/c1-10(2)11(3,4)17-12(16-10)8-7(13)5-6-15-9(8)14/h5-6H,1-4H3. The predicted octanol–water partition coefficient (Wildman–Crippen LogP) is 2.91. The zero-order valence-electron chi connectivity index (χ0n) is 10.3. The van der Waals surface area contributed by atoms with E-state index in [4.69, 9.17) is 9.31 Å². The Hall–Kier alpha value is 0.0949. The molecule has 2 heterocycles. The average molecular weight is 363 g/mol. The largest absolute Gasteiger partial charge is 0.498 e. The maximum atomic E-state index is 5.99. The van der Waals surface area contributed by atoms with E-state index in [1.54, 1.807) is 6.20 Å². The fraction of sp³-hybridized carbons (Fsp3) is 0.545. The maximum absolute atomic E-state index is 5.99. The van der Waals surface area contributed by atoms with Crippen LogP contribution in [0.25, 0.3) is 0 Å². The lowest BCUT2D eigenvalue weighted by atomic mass is 9.80. The van der Waals surface area contributed by atoms with Crippen LogP contribution < -0.4 is 5.46 Å². The molecule has 1 aliphatic rings. The Kier molecular flexibility index (Phi) is 3.45. The third-order valence-electron chi connectivity index (χ3n) is 3.38. The van der Waals surface area contributed by atoms with Gasteiger partial charge in [0.05, 0.1) is 11.2 Å². The van der Waals surface area contributed by atoms with Crippen molar-refractivity contribution >= 4 is 44.4 Å². The van der Waals surface area contributed by atoms with Gasteiger partial charge in [-0.1, -0.05) is 15.9 Å². The first kappa shape index (κ1) is 13.5. The van der Waals surface area contributed by atoms with E-state index in [-0.39, 0.29) is 11.2 Å². The van der Waals surface area contributed by atoms with Crippen molar-refractivity contribution in [2.75, 3.05) is 0 Å². The van der Waals surface area contributed by atoms with Gasteiger partial charge in [0.2, 0.25) is 0 Å². The molecule has 1 saturated heterocycles. The maximum Gasteiger partial charge on any atom is 0.498 e. The van der Waals surface area contributed by atoms with Crippen LogP contribution in [0, 0.1) is 0 Å². The molecule has 1 aromatic rings. The summed E-state index contributed by atoms with van der Waals surface area (Å²) >= 11 is 6.93. The number of rotatable bonds is 1. The summed E-state index contributed by atoms with van der Waals surface area (Å²) in [4.78, 5) is 4.21. The van der Waals surface area contributed by atoms with Gasteiger partial charge >= 0.3 is 7.12 Å². The third-order valence-corrected chi connectivity index (χ3v) is 4.70. The van der Waals surface area contributed by atoms with Gasteiger partial charge in [0.15, 0.2) is 0 Å². The Bertz CT molecular complexity index is 415. The van der Waals surface area contributed by atoms with Crippen LogP contribution in [-0.2, 0) is 9.31 Å². The van der Waals surface area contributed by atoms with Crippen LogP contribution >= 0.6 is 31.9 Å². The zero-order chi connectivity index (χ0) is 12.8. The van der Waals surface area contributed by atoms with Crippen molar-refractivity contribution in [3.63, 3.8) is 0 Å². The molecule has 6 heteroatoms. The molecule has 0 unspecified atom stereocenters. The van der Waals surface area contributed by atoms with Crippen LogP contribution in [0.2, 0.25) is 0 Å². The highest BCUT2D eigenvalue weighted by Gasteiger charge is 2.52. The molecular formula is C11H14BBr2NO2. The average Bonchev–Trinajstić information content (AvgIpc) is 2.35. The molecule has 0 bridgehead atoms. The van der Waals surface area contributed by atoms with E-state index in [1.165, 1.54) is 0 Å². The van der Waals surface area contributed by atoms with Gasteiger partial charge in [0, 0.05) is 16.1 Å². The highest BCUT2D eigenvalue weighted by molar-refractivity contribution is 9.11. The monoisotopic (exact) mass is 361 g/mol. The number of halogens is 2. The smallest absolute Gasteiger partial charge is 0.399 e. The molecule has 0 N–H and O–H groups in total. The van der Waals surface area contributed by atoms with E-state index in [0.717, 1.165) is 14.5 Å². The summed E-state index contributed by atoms with van der Waals surface area (Å²) in [5.74, 6) is 0. The van der Waals surface area contributed by atoms with Gasteiger partial charge in [-0.2, -0.15) is 0 Å². The minimum atomic E-state index is -0.405. The second kappa shape index (κ2) is 4.33. The Labute approximate surface area is 119 Å². The molecule has 17 heavy (non-hydrogen) atoms. The van der Waals surface area contributed by atoms with E-state index >= 15 is 0 Å². The first-order chi connectivity index (χ1) is 7.74. The first-order valence-electron chi connectivity index (χ1n) is 5.40. The Morgan fingerprint density at radius 1 is 1.12 bits per heavy atom. The van der Waals surface area contributed by atoms with E-state index in [9.17, 15) is 0 Å². The molecule has 1 fully saturated rings. The molecule has 0 spiro atoms. The zero-order valence-corrected chi connectivity index (χ0v) is 13.4. The van der Waals surface area contributed by atoms with Gasteiger partial charge in [-0.15, -0.1) is 0 Å².